The van der Waals surface area contributed by atoms with Crippen LogP contribution < -0.4 is 5.73 Å². The van der Waals surface area contributed by atoms with Crippen molar-refractivity contribution >= 4 is 15.7 Å². The van der Waals surface area contributed by atoms with Crippen LogP contribution >= 0.6 is 0 Å². The number of anilines is 1. The SMILES string of the molecule is Nc1cccnc1S(=O)(=O)N(CC(F)(F)F)C1CC1. The van der Waals surface area contributed by atoms with Crippen LogP contribution in [-0.4, -0.2) is 36.5 Å². The number of pyridine rings is 1. The first-order chi connectivity index (χ1) is 8.72. The number of nitrogens with zero attached hydrogens (tertiary/aromatic N) is 2. The van der Waals surface area contributed by atoms with Gasteiger partial charge in [-0.25, -0.2) is 13.4 Å². The standard InChI is InChI=1S/C10H12F3N3O2S/c11-10(12,13)6-16(7-3-4-7)19(17,18)9-8(14)2-1-5-15-9/h1-2,5,7H,3-4,6,14H2. The molecule has 1 aromatic heterocycles. The van der Waals surface area contributed by atoms with E-state index in [1.54, 1.807) is 0 Å². The van der Waals surface area contributed by atoms with Crippen LogP contribution in [0.2, 0.25) is 0 Å². The quantitative estimate of drug-likeness (QED) is 0.910. The molecular weight excluding hydrogens is 283 g/mol. The Morgan fingerprint density at radius 1 is 1.42 bits per heavy atom. The summed E-state index contributed by atoms with van der Waals surface area (Å²) in [7, 11) is -4.32. The van der Waals surface area contributed by atoms with Crippen LogP contribution in [0.15, 0.2) is 23.4 Å². The van der Waals surface area contributed by atoms with Gasteiger partial charge in [0.1, 0.15) is 6.54 Å². The molecule has 5 nitrogen and oxygen atoms in total. The van der Waals surface area contributed by atoms with E-state index < -0.39 is 33.8 Å². The van der Waals surface area contributed by atoms with E-state index in [0.717, 1.165) is 0 Å². The van der Waals surface area contributed by atoms with Crippen molar-refractivity contribution < 1.29 is 21.6 Å². The third-order valence-corrected chi connectivity index (χ3v) is 4.52. The Labute approximate surface area is 108 Å². The number of nitrogen functional groups attached to an aromatic ring is 1. The monoisotopic (exact) mass is 295 g/mol. The second-order valence-electron chi connectivity index (χ2n) is 4.29. The lowest BCUT2D eigenvalue weighted by Crippen LogP contribution is -2.41. The predicted molar refractivity (Wildman–Crippen MR) is 61.6 cm³/mol. The number of hydrogen-bond acceptors (Lipinski definition) is 4. The third kappa shape index (κ3) is 3.16. The molecule has 0 aromatic carbocycles. The number of nitrogens with two attached hydrogens (primary N) is 1. The molecule has 2 N–H and O–H groups in total. The summed E-state index contributed by atoms with van der Waals surface area (Å²) in [6.45, 7) is -1.52. The van der Waals surface area contributed by atoms with Gasteiger partial charge in [0.05, 0.1) is 5.69 Å². The predicted octanol–water partition coefficient (Wildman–Crippen LogP) is 1.38. The van der Waals surface area contributed by atoms with Crippen LogP contribution in [0.5, 0.6) is 0 Å². The number of hydrogen-bond donors (Lipinski definition) is 1. The van der Waals surface area contributed by atoms with Crippen molar-refractivity contribution in [3.8, 4) is 0 Å². The first kappa shape index (κ1) is 14.1. The van der Waals surface area contributed by atoms with Gasteiger partial charge in [-0.1, -0.05) is 0 Å². The molecule has 0 atom stereocenters. The van der Waals surface area contributed by atoms with Gasteiger partial charge in [0, 0.05) is 12.2 Å². The smallest absolute Gasteiger partial charge is 0.396 e. The molecule has 1 saturated carbocycles. The molecule has 1 aliphatic rings. The van der Waals surface area contributed by atoms with Crippen LogP contribution in [0.3, 0.4) is 0 Å². The number of alkyl halides is 3. The highest BCUT2D eigenvalue weighted by Crippen LogP contribution is 2.35. The molecule has 19 heavy (non-hydrogen) atoms. The Balaban J connectivity index is 2.38. The molecular formula is C10H12F3N3O2S. The molecule has 0 bridgehead atoms. The molecule has 0 unspecified atom stereocenters. The summed E-state index contributed by atoms with van der Waals surface area (Å²) in [5.41, 5.74) is 5.32. The van der Waals surface area contributed by atoms with E-state index in [2.05, 4.69) is 4.98 Å². The van der Waals surface area contributed by atoms with Gasteiger partial charge < -0.3 is 5.73 Å². The lowest BCUT2D eigenvalue weighted by atomic mass is 10.4. The average Bonchev–Trinajstić information content (AvgIpc) is 3.08. The van der Waals surface area contributed by atoms with Gasteiger partial charge in [-0.05, 0) is 25.0 Å². The third-order valence-electron chi connectivity index (χ3n) is 2.64. The summed E-state index contributed by atoms with van der Waals surface area (Å²) < 4.78 is 62.3. The normalized spacial score (nSPS) is 16.8. The van der Waals surface area contributed by atoms with Gasteiger partial charge in [0.15, 0.2) is 5.03 Å². The largest absolute Gasteiger partial charge is 0.402 e. The summed E-state index contributed by atoms with van der Waals surface area (Å²) in [4.78, 5) is 3.59. The molecule has 0 aliphatic heterocycles. The van der Waals surface area contributed by atoms with Gasteiger partial charge in [-0.3, -0.25) is 0 Å². The molecule has 0 spiro atoms. The highest BCUT2D eigenvalue weighted by atomic mass is 32.2. The van der Waals surface area contributed by atoms with Crippen molar-refractivity contribution in [3.63, 3.8) is 0 Å². The Bertz CT molecular complexity index is 570. The summed E-state index contributed by atoms with van der Waals surface area (Å²) >= 11 is 0. The summed E-state index contributed by atoms with van der Waals surface area (Å²) in [5, 5.41) is -0.522. The molecule has 9 heteroatoms. The number of rotatable bonds is 4. The van der Waals surface area contributed by atoms with Crippen molar-refractivity contribution in [2.24, 2.45) is 0 Å². The zero-order chi connectivity index (χ0) is 14.3. The zero-order valence-electron chi connectivity index (χ0n) is 9.76. The van der Waals surface area contributed by atoms with Crippen molar-refractivity contribution in [1.29, 1.82) is 0 Å². The first-order valence-electron chi connectivity index (χ1n) is 5.51. The lowest BCUT2D eigenvalue weighted by molar-refractivity contribution is -0.137. The Morgan fingerprint density at radius 2 is 2.05 bits per heavy atom. The lowest BCUT2D eigenvalue weighted by Gasteiger charge is -2.23. The maximum atomic E-state index is 12.5. The molecule has 0 saturated heterocycles. The highest BCUT2D eigenvalue weighted by molar-refractivity contribution is 7.89. The maximum Gasteiger partial charge on any atom is 0.402 e. The Kier molecular flexibility index (Phi) is 3.43. The van der Waals surface area contributed by atoms with Crippen molar-refractivity contribution in [3.05, 3.63) is 18.3 Å². The number of halogens is 3. The maximum absolute atomic E-state index is 12.5. The molecule has 0 amide bonds. The van der Waals surface area contributed by atoms with Crippen molar-refractivity contribution in [2.45, 2.75) is 30.1 Å². The molecule has 1 fully saturated rings. The summed E-state index contributed by atoms with van der Waals surface area (Å²) in [6.07, 6.45) is -2.58. The van der Waals surface area contributed by atoms with E-state index in [1.807, 2.05) is 0 Å². The van der Waals surface area contributed by atoms with Gasteiger partial charge in [0.2, 0.25) is 0 Å². The Hall–Kier alpha value is -1.35. The van der Waals surface area contributed by atoms with Crippen molar-refractivity contribution in [2.75, 3.05) is 12.3 Å². The van der Waals surface area contributed by atoms with Crippen LogP contribution in [0, 0.1) is 0 Å². The van der Waals surface area contributed by atoms with Gasteiger partial charge in [0.25, 0.3) is 10.0 Å². The molecule has 1 heterocycles. The second-order valence-corrected chi connectivity index (χ2v) is 6.10. The van der Waals surface area contributed by atoms with E-state index in [0.29, 0.717) is 17.1 Å². The second kappa shape index (κ2) is 4.64. The minimum absolute atomic E-state index is 0.157. The molecule has 0 radical (unpaired) electrons. The first-order valence-corrected chi connectivity index (χ1v) is 6.95. The fourth-order valence-corrected chi connectivity index (χ4v) is 3.38. The fourth-order valence-electron chi connectivity index (χ4n) is 1.68. The molecule has 1 aromatic rings. The van der Waals surface area contributed by atoms with E-state index in [9.17, 15) is 21.6 Å². The number of aromatic nitrogens is 1. The van der Waals surface area contributed by atoms with Gasteiger partial charge >= 0.3 is 6.18 Å². The van der Waals surface area contributed by atoms with Crippen LogP contribution in [-0.2, 0) is 10.0 Å². The minimum atomic E-state index is -4.60. The average molecular weight is 295 g/mol. The summed E-state index contributed by atoms with van der Waals surface area (Å²) in [5.74, 6) is 0. The van der Waals surface area contributed by atoms with Crippen molar-refractivity contribution in [1.82, 2.24) is 9.29 Å². The van der Waals surface area contributed by atoms with E-state index in [1.165, 1.54) is 18.3 Å². The van der Waals surface area contributed by atoms with Crippen LogP contribution in [0.25, 0.3) is 0 Å². The highest BCUT2D eigenvalue weighted by Gasteiger charge is 2.45. The van der Waals surface area contributed by atoms with E-state index in [4.69, 9.17) is 5.73 Å². The molecule has 1 aliphatic carbocycles. The molecule has 2 rings (SSSR count). The van der Waals surface area contributed by atoms with E-state index >= 15 is 0 Å². The van der Waals surface area contributed by atoms with Gasteiger partial charge in [-0.2, -0.15) is 17.5 Å². The van der Waals surface area contributed by atoms with Gasteiger partial charge in [-0.15, -0.1) is 0 Å². The van der Waals surface area contributed by atoms with E-state index in [-0.39, 0.29) is 5.69 Å². The summed E-state index contributed by atoms with van der Waals surface area (Å²) in [6, 6.07) is 2.09. The Morgan fingerprint density at radius 3 is 2.53 bits per heavy atom. The topological polar surface area (TPSA) is 76.3 Å². The number of sulfonamides is 1. The minimum Gasteiger partial charge on any atom is -0.396 e. The molecule has 106 valence electrons. The fraction of sp³-hybridized carbons (Fsp3) is 0.500. The zero-order valence-corrected chi connectivity index (χ0v) is 10.6. The van der Waals surface area contributed by atoms with Crippen LogP contribution in [0.4, 0.5) is 18.9 Å². The van der Waals surface area contributed by atoms with Crippen LogP contribution in [0.1, 0.15) is 12.8 Å².